The minimum absolute atomic E-state index is 0.338. The van der Waals surface area contributed by atoms with E-state index in [0.717, 1.165) is 25.9 Å². The Hall–Kier alpha value is -0.120. The van der Waals surface area contributed by atoms with Crippen LogP contribution in [-0.2, 0) is 0 Å². The molecule has 0 aliphatic carbocycles. The van der Waals surface area contributed by atoms with Crippen LogP contribution in [0.15, 0.2) is 0 Å². The zero-order valence-corrected chi connectivity index (χ0v) is 11.0. The first-order chi connectivity index (χ1) is 6.66. The van der Waals surface area contributed by atoms with Crippen LogP contribution in [0.4, 0.5) is 0 Å². The maximum atomic E-state index is 9.73. The number of nitrogens with zero attached hydrogens (tertiary/aromatic N) is 1. The van der Waals surface area contributed by atoms with Gasteiger partial charge in [-0.2, -0.15) is 0 Å². The van der Waals surface area contributed by atoms with E-state index in [1.54, 1.807) is 6.92 Å². The largest absolute Gasteiger partial charge is 0.389 e. The van der Waals surface area contributed by atoms with E-state index in [0.29, 0.717) is 12.0 Å². The van der Waals surface area contributed by atoms with Crippen LogP contribution in [0.3, 0.4) is 0 Å². The highest BCUT2D eigenvalue weighted by Crippen LogP contribution is 2.15. The van der Waals surface area contributed by atoms with Crippen LogP contribution in [0.2, 0.25) is 0 Å². The lowest BCUT2D eigenvalue weighted by Crippen LogP contribution is -2.36. The van der Waals surface area contributed by atoms with Gasteiger partial charge in [0.05, 0.1) is 5.60 Å². The Morgan fingerprint density at radius 2 is 1.73 bits per heavy atom. The predicted molar refractivity (Wildman–Crippen MR) is 65.9 cm³/mol. The first-order valence-electron chi connectivity index (χ1n) is 5.77. The van der Waals surface area contributed by atoms with Gasteiger partial charge in [0, 0.05) is 13.1 Å². The van der Waals surface area contributed by atoms with Gasteiger partial charge in [0.1, 0.15) is 0 Å². The van der Waals surface area contributed by atoms with E-state index in [-0.39, 0.29) is 0 Å². The molecular formula is C12H28N2O. The average molecular weight is 216 g/mol. The van der Waals surface area contributed by atoms with Gasteiger partial charge in [0.2, 0.25) is 0 Å². The van der Waals surface area contributed by atoms with E-state index in [9.17, 15) is 5.11 Å². The molecule has 92 valence electrons. The van der Waals surface area contributed by atoms with E-state index in [1.165, 1.54) is 0 Å². The molecule has 15 heavy (non-hydrogen) atoms. The second-order valence-corrected chi connectivity index (χ2v) is 6.10. The topological polar surface area (TPSA) is 49.5 Å². The van der Waals surface area contributed by atoms with E-state index >= 15 is 0 Å². The second-order valence-electron chi connectivity index (χ2n) is 6.10. The summed E-state index contributed by atoms with van der Waals surface area (Å²) in [6.45, 7) is 11.0. The SMILES string of the molecule is CN(CCCC(C)(O)CN)CC(C)(C)C. The highest BCUT2D eigenvalue weighted by Gasteiger charge is 2.18. The lowest BCUT2D eigenvalue weighted by molar-refractivity contribution is 0.0543. The van der Waals surface area contributed by atoms with Gasteiger partial charge in [-0.25, -0.2) is 0 Å². The molecule has 0 spiro atoms. The molecular weight excluding hydrogens is 188 g/mol. The molecule has 0 fully saturated rings. The van der Waals surface area contributed by atoms with Crippen molar-refractivity contribution in [2.45, 2.75) is 46.1 Å². The summed E-state index contributed by atoms with van der Waals surface area (Å²) in [7, 11) is 2.13. The van der Waals surface area contributed by atoms with Crippen LogP contribution in [0.5, 0.6) is 0 Å². The van der Waals surface area contributed by atoms with Gasteiger partial charge in [0.15, 0.2) is 0 Å². The Bertz CT molecular complexity index is 173. The van der Waals surface area contributed by atoms with Crippen molar-refractivity contribution in [2.24, 2.45) is 11.1 Å². The number of aliphatic hydroxyl groups is 1. The highest BCUT2D eigenvalue weighted by molar-refractivity contribution is 4.74. The molecule has 0 aromatic heterocycles. The van der Waals surface area contributed by atoms with E-state index in [2.05, 4.69) is 32.7 Å². The Morgan fingerprint density at radius 3 is 2.13 bits per heavy atom. The van der Waals surface area contributed by atoms with Crippen molar-refractivity contribution in [3.05, 3.63) is 0 Å². The van der Waals surface area contributed by atoms with Gasteiger partial charge in [-0.3, -0.25) is 0 Å². The van der Waals surface area contributed by atoms with Crippen LogP contribution >= 0.6 is 0 Å². The molecule has 0 rings (SSSR count). The number of nitrogens with two attached hydrogens (primary N) is 1. The summed E-state index contributed by atoms with van der Waals surface area (Å²) in [5.41, 5.74) is 5.11. The fourth-order valence-electron chi connectivity index (χ4n) is 1.72. The van der Waals surface area contributed by atoms with Crippen molar-refractivity contribution in [2.75, 3.05) is 26.7 Å². The minimum Gasteiger partial charge on any atom is -0.389 e. The van der Waals surface area contributed by atoms with E-state index in [4.69, 9.17) is 5.73 Å². The van der Waals surface area contributed by atoms with Gasteiger partial charge >= 0.3 is 0 Å². The maximum Gasteiger partial charge on any atom is 0.0741 e. The lowest BCUT2D eigenvalue weighted by atomic mass is 9.95. The quantitative estimate of drug-likeness (QED) is 0.706. The maximum absolute atomic E-state index is 9.73. The molecule has 0 amide bonds. The molecule has 0 heterocycles. The summed E-state index contributed by atoms with van der Waals surface area (Å²) in [4.78, 5) is 2.31. The van der Waals surface area contributed by atoms with Gasteiger partial charge in [-0.15, -0.1) is 0 Å². The van der Waals surface area contributed by atoms with Gasteiger partial charge in [0.25, 0.3) is 0 Å². The normalized spacial score (nSPS) is 16.8. The molecule has 0 saturated heterocycles. The monoisotopic (exact) mass is 216 g/mol. The van der Waals surface area contributed by atoms with E-state index < -0.39 is 5.60 Å². The number of hydrogen-bond acceptors (Lipinski definition) is 3. The zero-order chi connectivity index (χ0) is 12.1. The minimum atomic E-state index is -0.692. The van der Waals surface area contributed by atoms with Crippen molar-refractivity contribution in [3.8, 4) is 0 Å². The Labute approximate surface area is 94.6 Å². The molecule has 0 aliphatic rings. The van der Waals surface area contributed by atoms with Crippen LogP contribution in [0.1, 0.15) is 40.5 Å². The molecule has 0 saturated carbocycles. The van der Waals surface area contributed by atoms with Crippen LogP contribution < -0.4 is 5.73 Å². The average Bonchev–Trinajstić information content (AvgIpc) is 2.00. The fourth-order valence-corrected chi connectivity index (χ4v) is 1.72. The van der Waals surface area contributed by atoms with Crippen molar-refractivity contribution < 1.29 is 5.11 Å². The Kier molecular flexibility index (Phi) is 5.78. The highest BCUT2D eigenvalue weighted by atomic mass is 16.3. The zero-order valence-electron chi connectivity index (χ0n) is 11.0. The second kappa shape index (κ2) is 5.83. The fraction of sp³-hybridized carbons (Fsp3) is 1.00. The summed E-state index contributed by atoms with van der Waals surface area (Å²) in [5.74, 6) is 0. The molecule has 3 heteroatoms. The Balaban J connectivity index is 3.69. The molecule has 1 atom stereocenters. The van der Waals surface area contributed by atoms with Crippen LogP contribution in [-0.4, -0.2) is 42.3 Å². The third-order valence-electron chi connectivity index (χ3n) is 2.44. The van der Waals surface area contributed by atoms with Crippen LogP contribution in [0, 0.1) is 5.41 Å². The molecule has 0 aliphatic heterocycles. The molecule has 3 N–H and O–H groups in total. The summed E-state index contributed by atoms with van der Waals surface area (Å²) in [6.07, 6.45) is 1.77. The molecule has 3 nitrogen and oxygen atoms in total. The standard InChI is InChI=1S/C12H28N2O/c1-11(2,3)10-14(5)8-6-7-12(4,15)9-13/h15H,6-10,13H2,1-5H3. The number of rotatable bonds is 6. The summed E-state index contributed by atoms with van der Waals surface area (Å²) in [6, 6.07) is 0. The van der Waals surface area contributed by atoms with Crippen molar-refractivity contribution in [1.29, 1.82) is 0 Å². The summed E-state index contributed by atoms with van der Waals surface area (Å²) in [5, 5.41) is 9.73. The summed E-state index contributed by atoms with van der Waals surface area (Å²) >= 11 is 0. The molecule has 0 aromatic carbocycles. The molecule has 0 aromatic rings. The molecule has 1 unspecified atom stereocenters. The summed E-state index contributed by atoms with van der Waals surface area (Å²) < 4.78 is 0. The van der Waals surface area contributed by atoms with Crippen molar-refractivity contribution in [3.63, 3.8) is 0 Å². The van der Waals surface area contributed by atoms with Crippen molar-refractivity contribution in [1.82, 2.24) is 4.90 Å². The third-order valence-corrected chi connectivity index (χ3v) is 2.44. The third kappa shape index (κ3) is 8.85. The van der Waals surface area contributed by atoms with Gasteiger partial charge in [-0.1, -0.05) is 20.8 Å². The number of hydrogen-bond donors (Lipinski definition) is 2. The molecule has 0 bridgehead atoms. The first kappa shape index (κ1) is 14.9. The Morgan fingerprint density at radius 1 is 1.20 bits per heavy atom. The van der Waals surface area contributed by atoms with Gasteiger partial charge < -0.3 is 15.7 Å². The smallest absolute Gasteiger partial charge is 0.0741 e. The van der Waals surface area contributed by atoms with Gasteiger partial charge in [-0.05, 0) is 38.8 Å². The van der Waals surface area contributed by atoms with Crippen molar-refractivity contribution >= 4 is 0 Å². The van der Waals surface area contributed by atoms with Crippen LogP contribution in [0.25, 0.3) is 0 Å². The predicted octanol–water partition coefficient (Wildman–Crippen LogP) is 1.45. The lowest BCUT2D eigenvalue weighted by Gasteiger charge is -2.28. The first-order valence-corrected chi connectivity index (χ1v) is 5.77. The molecule has 0 radical (unpaired) electrons. The van der Waals surface area contributed by atoms with E-state index in [1.807, 2.05) is 0 Å².